The molecule has 9 rings (SSSR count). The third-order valence-electron chi connectivity index (χ3n) is 12.1. The van der Waals surface area contributed by atoms with E-state index in [4.69, 9.17) is 15.0 Å². The first-order valence-electron chi connectivity index (χ1n) is 20.0. The molecular weight excluding hydrogens is 683 g/mol. The highest BCUT2D eigenvalue weighted by molar-refractivity contribution is 6.10. The zero-order valence-corrected chi connectivity index (χ0v) is 32.3. The van der Waals surface area contributed by atoms with Crippen molar-refractivity contribution in [2.45, 2.75) is 58.3 Å². The summed E-state index contributed by atoms with van der Waals surface area (Å²) in [5, 5.41) is 11.8. The summed E-state index contributed by atoms with van der Waals surface area (Å²) in [7, 11) is 0. The maximum atomic E-state index is 9.49. The molecule has 5 nitrogen and oxygen atoms in total. The number of para-hydroxylation sites is 1. The van der Waals surface area contributed by atoms with Gasteiger partial charge in [-0.2, -0.15) is 5.26 Å². The molecule has 8 aromatic rings. The lowest BCUT2D eigenvalue weighted by molar-refractivity contribution is 0.295. The molecule has 0 saturated heterocycles. The number of fused-ring (bicyclic) bond motifs is 3. The molecule has 2 aromatic heterocycles. The van der Waals surface area contributed by atoms with E-state index in [1.807, 2.05) is 24.3 Å². The van der Waals surface area contributed by atoms with Crippen molar-refractivity contribution in [3.05, 3.63) is 157 Å². The van der Waals surface area contributed by atoms with E-state index in [1.54, 1.807) is 0 Å². The zero-order chi connectivity index (χ0) is 38.2. The average molecular weight is 728 g/mol. The van der Waals surface area contributed by atoms with E-state index in [-0.39, 0.29) is 5.41 Å². The van der Waals surface area contributed by atoms with Gasteiger partial charge in [0.15, 0.2) is 17.5 Å². The molecular formula is C51H45N5. The van der Waals surface area contributed by atoms with Crippen molar-refractivity contribution in [3.8, 4) is 57.0 Å². The number of hydrogen-bond donors (Lipinski definition) is 0. The molecule has 0 bridgehead atoms. The number of nitriles is 1. The van der Waals surface area contributed by atoms with Crippen LogP contribution in [-0.4, -0.2) is 19.5 Å². The fourth-order valence-electron chi connectivity index (χ4n) is 9.19. The Labute approximate surface area is 329 Å². The third-order valence-corrected chi connectivity index (χ3v) is 12.1. The quantitative estimate of drug-likeness (QED) is 0.153. The Morgan fingerprint density at radius 2 is 1.14 bits per heavy atom. The summed E-state index contributed by atoms with van der Waals surface area (Å²) >= 11 is 0. The van der Waals surface area contributed by atoms with Crippen LogP contribution in [0.5, 0.6) is 0 Å². The number of nitrogens with zero attached hydrogens (tertiary/aromatic N) is 5. The van der Waals surface area contributed by atoms with Crippen molar-refractivity contribution in [3.63, 3.8) is 0 Å². The van der Waals surface area contributed by atoms with E-state index in [0.29, 0.717) is 34.9 Å². The topological polar surface area (TPSA) is 67.4 Å². The number of benzene rings is 6. The van der Waals surface area contributed by atoms with Crippen molar-refractivity contribution in [1.29, 1.82) is 5.26 Å². The summed E-state index contributed by atoms with van der Waals surface area (Å²) in [6.45, 7) is 7.20. The Morgan fingerprint density at radius 1 is 0.571 bits per heavy atom. The lowest BCUT2D eigenvalue weighted by Gasteiger charge is -2.35. The van der Waals surface area contributed by atoms with E-state index >= 15 is 0 Å². The second-order valence-corrected chi connectivity index (χ2v) is 15.9. The van der Waals surface area contributed by atoms with E-state index in [1.165, 1.54) is 47.8 Å². The maximum absolute atomic E-state index is 9.49. The van der Waals surface area contributed by atoms with E-state index in [9.17, 15) is 5.26 Å². The molecule has 2 heterocycles. The van der Waals surface area contributed by atoms with E-state index in [2.05, 4.69) is 153 Å². The van der Waals surface area contributed by atoms with Crippen LogP contribution in [0.2, 0.25) is 0 Å². The number of hydrogen-bond acceptors (Lipinski definition) is 4. The summed E-state index contributed by atoms with van der Waals surface area (Å²) in [6.07, 6.45) is 6.20. The second-order valence-electron chi connectivity index (χ2n) is 15.9. The molecule has 56 heavy (non-hydrogen) atoms. The van der Waals surface area contributed by atoms with Gasteiger partial charge in [0.25, 0.3) is 0 Å². The minimum atomic E-state index is 0.184. The van der Waals surface area contributed by atoms with Gasteiger partial charge in [-0.3, -0.25) is 0 Å². The van der Waals surface area contributed by atoms with Crippen molar-refractivity contribution < 1.29 is 0 Å². The highest BCUT2D eigenvalue weighted by atomic mass is 15.0. The predicted molar refractivity (Wildman–Crippen MR) is 229 cm³/mol. The number of rotatable bonds is 7. The molecule has 6 aromatic carbocycles. The normalized spacial score (nSPS) is 18.5. The Hall–Kier alpha value is -6.38. The van der Waals surface area contributed by atoms with Crippen molar-refractivity contribution in [1.82, 2.24) is 19.5 Å². The summed E-state index contributed by atoms with van der Waals surface area (Å²) < 4.78 is 2.35. The molecule has 1 aliphatic carbocycles. The molecule has 3 atom stereocenters. The Balaban J connectivity index is 1.16. The molecule has 1 saturated carbocycles. The molecule has 1 unspecified atom stereocenters. The maximum Gasteiger partial charge on any atom is 0.164 e. The zero-order valence-electron chi connectivity index (χ0n) is 32.3. The number of aromatic nitrogens is 4. The molecule has 0 amide bonds. The first-order valence-corrected chi connectivity index (χ1v) is 20.0. The Kier molecular flexibility index (Phi) is 9.27. The third kappa shape index (κ3) is 6.56. The highest BCUT2D eigenvalue weighted by Crippen LogP contribution is 2.45. The Bertz CT molecular complexity index is 2710. The van der Waals surface area contributed by atoms with E-state index in [0.717, 1.165) is 45.2 Å². The molecule has 5 heteroatoms. The van der Waals surface area contributed by atoms with Crippen LogP contribution >= 0.6 is 0 Å². The molecule has 1 aliphatic rings. The smallest absolute Gasteiger partial charge is 0.164 e. The van der Waals surface area contributed by atoms with Crippen LogP contribution in [0.15, 0.2) is 146 Å². The van der Waals surface area contributed by atoms with Crippen LogP contribution < -0.4 is 0 Å². The SMILES string of the molecule is CCC1(c2ccc(-c3nc(-c4ccc(C#N)cc4)nc(-c4ccc5c(c4)c4ccccc4n5-c4cccc(-c5ccccc5)c4)n3)cc2)C[C@H](C)CC[C@H](C)C1. The van der Waals surface area contributed by atoms with Gasteiger partial charge in [0.2, 0.25) is 0 Å². The van der Waals surface area contributed by atoms with Crippen LogP contribution in [0.4, 0.5) is 0 Å². The fraction of sp³-hybridized carbons (Fsp3) is 0.216. The predicted octanol–water partition coefficient (Wildman–Crippen LogP) is 13.0. The summed E-state index contributed by atoms with van der Waals surface area (Å²) in [5.74, 6) is 3.25. The van der Waals surface area contributed by atoms with Crippen LogP contribution in [0.3, 0.4) is 0 Å². The van der Waals surface area contributed by atoms with Crippen molar-refractivity contribution in [2.24, 2.45) is 11.8 Å². The molecule has 0 radical (unpaired) electrons. The average Bonchev–Trinajstić information content (AvgIpc) is 3.50. The van der Waals surface area contributed by atoms with E-state index < -0.39 is 0 Å². The second kappa shape index (κ2) is 14.7. The van der Waals surface area contributed by atoms with Crippen LogP contribution in [0.25, 0.3) is 72.8 Å². The van der Waals surface area contributed by atoms with Gasteiger partial charge in [0, 0.05) is 33.2 Å². The van der Waals surface area contributed by atoms with Crippen LogP contribution in [0.1, 0.15) is 64.0 Å². The highest BCUT2D eigenvalue weighted by Gasteiger charge is 2.36. The lowest BCUT2D eigenvalue weighted by Crippen LogP contribution is -2.28. The Morgan fingerprint density at radius 3 is 1.80 bits per heavy atom. The first kappa shape index (κ1) is 35.3. The van der Waals surface area contributed by atoms with Gasteiger partial charge >= 0.3 is 0 Å². The molecule has 274 valence electrons. The van der Waals surface area contributed by atoms with Crippen molar-refractivity contribution in [2.75, 3.05) is 0 Å². The lowest BCUT2D eigenvalue weighted by atomic mass is 9.69. The molecule has 0 N–H and O–H groups in total. The molecule has 1 fully saturated rings. The largest absolute Gasteiger partial charge is 0.309 e. The fourth-order valence-corrected chi connectivity index (χ4v) is 9.19. The van der Waals surface area contributed by atoms with Crippen LogP contribution in [0, 0.1) is 23.2 Å². The van der Waals surface area contributed by atoms with Gasteiger partial charge in [-0.25, -0.2) is 15.0 Å². The summed E-state index contributed by atoms with van der Waals surface area (Å²) in [4.78, 5) is 15.3. The van der Waals surface area contributed by atoms with Crippen molar-refractivity contribution >= 4 is 21.8 Å². The molecule has 0 spiro atoms. The van der Waals surface area contributed by atoms with Gasteiger partial charge in [-0.1, -0.05) is 119 Å². The standard InChI is InChI=1S/C51H45N5/c1-4-51(31-34(2)17-18-35(3)32-51)42-26-23-39(24-27-42)49-53-48(38-21-19-36(33-52)20-22-38)54-50(55-49)41-25-28-47-45(30-41)44-15-8-9-16-46(44)56(47)43-14-10-13-40(29-43)37-11-6-5-7-12-37/h5-16,19-30,34-35H,4,17-18,31-32H2,1-3H3/t34-,35+,51?. The first-order chi connectivity index (χ1) is 27.4. The van der Waals surface area contributed by atoms with Gasteiger partial charge in [0.05, 0.1) is 22.7 Å². The van der Waals surface area contributed by atoms with Gasteiger partial charge in [-0.05, 0) is 114 Å². The van der Waals surface area contributed by atoms with Gasteiger partial charge in [0.1, 0.15) is 0 Å². The van der Waals surface area contributed by atoms with Gasteiger partial charge in [-0.15, -0.1) is 0 Å². The van der Waals surface area contributed by atoms with Gasteiger partial charge < -0.3 is 4.57 Å². The minimum absolute atomic E-state index is 0.184. The van der Waals surface area contributed by atoms with Crippen LogP contribution in [-0.2, 0) is 5.41 Å². The summed E-state index contributed by atoms with van der Waals surface area (Å²) in [6, 6.07) is 53.2. The molecule has 0 aliphatic heterocycles. The summed E-state index contributed by atoms with van der Waals surface area (Å²) in [5.41, 5.74) is 10.6. The monoisotopic (exact) mass is 727 g/mol. The minimum Gasteiger partial charge on any atom is -0.309 e.